The Morgan fingerprint density at radius 2 is 0.509 bits per heavy atom. The number of hydrogen-bond donors (Lipinski definition) is 1. The van der Waals surface area contributed by atoms with Crippen LogP contribution in [0.25, 0.3) is 0 Å². The van der Waals surface area contributed by atoms with Crippen LogP contribution in [0.15, 0.2) is 36.4 Å². The van der Waals surface area contributed by atoms with E-state index < -0.39 is 0 Å². The average molecular weight is 1530 g/mol. The van der Waals surface area contributed by atoms with Gasteiger partial charge in [-0.25, -0.2) is 0 Å². The zero-order valence-corrected chi connectivity index (χ0v) is 81.7. The summed E-state index contributed by atoms with van der Waals surface area (Å²) in [5.41, 5.74) is 7.59. The number of hydrogen-bond acceptors (Lipinski definition) is 1. The van der Waals surface area contributed by atoms with Crippen molar-refractivity contribution in [1.82, 2.24) is 0 Å². The summed E-state index contributed by atoms with van der Waals surface area (Å²) in [7, 11) is 0. The van der Waals surface area contributed by atoms with Crippen molar-refractivity contribution in [3.63, 3.8) is 0 Å². The van der Waals surface area contributed by atoms with Gasteiger partial charge in [-0.1, -0.05) is 298 Å². The van der Waals surface area contributed by atoms with Gasteiger partial charge in [-0.15, -0.1) is 0 Å². The van der Waals surface area contributed by atoms with Gasteiger partial charge in [0.15, 0.2) is 0 Å². The van der Waals surface area contributed by atoms with Crippen LogP contribution in [0.5, 0.6) is 0 Å². The number of benzene rings is 2. The smallest absolute Gasteiger partial charge is 0.0387 e. The number of fused-ring (bicyclic) bond motifs is 1. The van der Waals surface area contributed by atoms with Crippen LogP contribution in [0.1, 0.15) is 417 Å². The molecule has 0 spiro atoms. The van der Waals surface area contributed by atoms with Gasteiger partial charge in [0.25, 0.3) is 0 Å². The number of aryl methyl sites for hydroxylation is 4. The van der Waals surface area contributed by atoms with Crippen LogP contribution >= 0.6 is 0 Å². The summed E-state index contributed by atoms with van der Waals surface area (Å²) in [6.45, 7) is 85.3. The number of anilines is 2. The minimum Gasteiger partial charge on any atom is -0.356 e. The molecule has 11 rings (SSSR count). The summed E-state index contributed by atoms with van der Waals surface area (Å²) < 4.78 is 0. The molecule has 25 unspecified atom stereocenters. The Bertz CT molecular complexity index is 2430. The van der Waals surface area contributed by atoms with Gasteiger partial charge in [0, 0.05) is 11.4 Å². The van der Waals surface area contributed by atoms with Gasteiger partial charge in [0.05, 0.1) is 0 Å². The van der Waals surface area contributed by atoms with Gasteiger partial charge in [-0.2, -0.15) is 0 Å². The Labute approximate surface area is 694 Å². The van der Waals surface area contributed by atoms with Crippen LogP contribution in [0.3, 0.4) is 0 Å². The van der Waals surface area contributed by atoms with Gasteiger partial charge in [-0.05, 0) is 385 Å². The van der Waals surface area contributed by atoms with Crippen molar-refractivity contribution < 1.29 is 0 Å². The monoisotopic (exact) mass is 1530 g/mol. The molecule has 9 aliphatic rings. The van der Waals surface area contributed by atoms with Crippen molar-refractivity contribution in [3.05, 3.63) is 58.7 Å². The predicted molar refractivity (Wildman–Crippen MR) is 500 cm³/mol. The second kappa shape index (κ2) is 52.2. The molecule has 0 radical (unpaired) electrons. The molecule has 9 saturated carbocycles. The first-order valence-corrected chi connectivity index (χ1v) is 49.7. The summed E-state index contributed by atoms with van der Waals surface area (Å²) in [6.07, 6.45) is 39.3. The number of nitrogens with one attached hydrogen (secondary N) is 1. The highest BCUT2D eigenvalue weighted by Crippen LogP contribution is 2.56. The molecular formula is C109H203N. The van der Waals surface area contributed by atoms with E-state index in [0.717, 1.165) is 213 Å². The van der Waals surface area contributed by atoms with E-state index in [1.165, 1.54) is 196 Å². The fraction of sp³-hybridized carbons (Fsp3) is 0.890. The minimum atomic E-state index is 0.958. The molecule has 0 heterocycles. The van der Waals surface area contributed by atoms with Crippen LogP contribution in [0, 0.1) is 229 Å². The molecule has 0 aromatic heterocycles. The van der Waals surface area contributed by atoms with Gasteiger partial charge < -0.3 is 5.32 Å². The van der Waals surface area contributed by atoms with E-state index in [4.69, 9.17) is 0 Å². The first-order valence-electron chi connectivity index (χ1n) is 49.7. The van der Waals surface area contributed by atoms with Crippen molar-refractivity contribution in [2.45, 2.75) is 423 Å². The highest BCUT2D eigenvalue weighted by Gasteiger charge is 2.49. The molecule has 1 heteroatoms. The molecule has 0 saturated heterocycles. The standard InChI is InChI=1S/C16H19N.C16H32.C14H28.C13H26.C12H22.2C10H20.2C9H18/c1-11-5-7-15(9-13(11)3)17-16-8-6-12(2)14(4)10-16;1-5-13(6-2)15-9-11-16(12-10-15)14(7-3)8-4;1-5-11(3)13-7-9-14(10-8-13)12(4)6-2;1-5-12(6-2)13-8-7-10(3)11(4)9-13;1-7-5-8(2)12-10(4)6-9(3)11(7)12;1-7-5-9(3)10(4)6-8(7)2;1-5-10-8(3)6-7(2)9(10)4;2*1-6-5-7(2)9(4)8(6)3/h5-10,17H,1-4H3;13-16H,5-12H2,1-4H3;11-14H,5-10H2,1-4H3;10-13H,5-9H2,1-4H3;7-12H,5-6H2,1-4H3;2*7-10H,5-6H2,1-4H3;2*6-9H,5H2,1-4H3. The molecule has 9 fully saturated rings. The van der Waals surface area contributed by atoms with Gasteiger partial charge in [0.1, 0.15) is 0 Å². The van der Waals surface area contributed by atoms with Crippen LogP contribution < -0.4 is 5.32 Å². The molecule has 1 N–H and O–H groups in total. The van der Waals surface area contributed by atoms with Gasteiger partial charge in [0.2, 0.25) is 0 Å². The van der Waals surface area contributed by atoms with Crippen molar-refractivity contribution in [1.29, 1.82) is 0 Å². The third-order valence-corrected chi connectivity index (χ3v) is 35.9. The maximum Gasteiger partial charge on any atom is 0.0387 e. The minimum absolute atomic E-state index is 0.958. The zero-order chi connectivity index (χ0) is 83.1. The maximum absolute atomic E-state index is 3.44. The summed E-state index contributed by atoms with van der Waals surface area (Å²) in [5, 5.41) is 3.44. The lowest BCUT2D eigenvalue weighted by Crippen LogP contribution is -2.25. The van der Waals surface area contributed by atoms with E-state index in [1.54, 1.807) is 0 Å². The molecule has 0 amide bonds. The first-order chi connectivity index (χ1) is 51.8. The normalized spacial score (nSPS) is 37.6. The first kappa shape index (κ1) is 102. The Kier molecular flexibility index (Phi) is 48.6. The average Bonchev–Trinajstić information content (AvgIpc) is 1.62. The van der Waals surface area contributed by atoms with Crippen LogP contribution in [0.4, 0.5) is 11.4 Å². The molecule has 644 valence electrons. The Hall–Kier alpha value is -1.76. The summed E-state index contributed by atoms with van der Waals surface area (Å²) in [4.78, 5) is 0. The van der Waals surface area contributed by atoms with Gasteiger partial charge >= 0.3 is 0 Å². The van der Waals surface area contributed by atoms with Crippen LogP contribution in [-0.2, 0) is 0 Å². The highest BCUT2D eigenvalue weighted by molar-refractivity contribution is 5.62. The molecule has 25 atom stereocenters. The predicted octanol–water partition coefficient (Wildman–Crippen LogP) is 35.8. The van der Waals surface area contributed by atoms with Crippen molar-refractivity contribution in [2.75, 3.05) is 5.32 Å². The number of rotatable bonds is 16. The summed E-state index contributed by atoms with van der Waals surface area (Å²) >= 11 is 0. The van der Waals surface area contributed by atoms with E-state index in [9.17, 15) is 0 Å². The van der Waals surface area contributed by atoms with E-state index in [2.05, 4.69) is 291 Å². The molecule has 2 aromatic rings. The fourth-order valence-electron chi connectivity index (χ4n) is 25.1. The molecular weight excluding hydrogens is 1320 g/mol. The van der Waals surface area contributed by atoms with Crippen molar-refractivity contribution >= 4 is 11.4 Å². The van der Waals surface area contributed by atoms with E-state index in [-0.39, 0.29) is 0 Å². The lowest BCUT2D eigenvalue weighted by molar-refractivity contribution is 0.150. The molecule has 2 aromatic carbocycles. The fourth-order valence-corrected chi connectivity index (χ4v) is 25.1. The summed E-state index contributed by atoms with van der Waals surface area (Å²) in [5.74, 6) is 33.8. The molecule has 0 bridgehead atoms. The SMILES string of the molecule is CC1CC(C)C(C)C1C.CC1CC(C)C(C)C1C.CC1CC(C)C(C)CC1C.CC1CC(C)C2C(C)CC(C)C12.CCC(C)C1CCC(C(C)CC)CC1.CCC(CC)C1CCC(C(CC)CC)CC1.CCC(CC)C1CCC(C)C(C)C1.CCC1C(C)CC(C)C1C.Cc1ccc(Nc2ccc(C)c(C)c2)cc1C. The maximum atomic E-state index is 3.44. The largest absolute Gasteiger partial charge is 0.356 e. The van der Waals surface area contributed by atoms with Crippen molar-refractivity contribution in [2.24, 2.45) is 201 Å². The lowest BCUT2D eigenvalue weighted by atomic mass is 9.70. The Morgan fingerprint density at radius 3 is 0.745 bits per heavy atom. The lowest BCUT2D eigenvalue weighted by Gasteiger charge is -2.36. The third kappa shape index (κ3) is 32.2. The Morgan fingerprint density at radius 1 is 0.255 bits per heavy atom. The topological polar surface area (TPSA) is 12.0 Å². The van der Waals surface area contributed by atoms with E-state index in [0.29, 0.717) is 0 Å². The quantitative estimate of drug-likeness (QED) is 0.177. The molecule has 1 nitrogen and oxygen atoms in total. The summed E-state index contributed by atoms with van der Waals surface area (Å²) in [6, 6.07) is 12.9. The zero-order valence-electron chi connectivity index (χ0n) is 81.7. The molecule has 110 heavy (non-hydrogen) atoms. The van der Waals surface area contributed by atoms with Crippen molar-refractivity contribution in [3.8, 4) is 0 Å². The van der Waals surface area contributed by atoms with E-state index >= 15 is 0 Å². The van der Waals surface area contributed by atoms with Crippen LogP contribution in [0.2, 0.25) is 0 Å². The van der Waals surface area contributed by atoms with Gasteiger partial charge in [-0.3, -0.25) is 0 Å². The molecule has 0 aliphatic heterocycles. The van der Waals surface area contributed by atoms with E-state index in [1.807, 2.05) is 0 Å². The Balaban J connectivity index is 0.000000323. The highest BCUT2D eigenvalue weighted by atomic mass is 14.9. The third-order valence-electron chi connectivity index (χ3n) is 35.9. The van der Waals surface area contributed by atoms with Crippen LogP contribution in [-0.4, -0.2) is 0 Å². The second-order valence-corrected chi connectivity index (χ2v) is 43.0. The molecule has 9 aliphatic carbocycles. The second-order valence-electron chi connectivity index (χ2n) is 43.0.